The summed E-state index contributed by atoms with van der Waals surface area (Å²) in [6, 6.07) is 15.0. The Morgan fingerprint density at radius 3 is 2.50 bits per heavy atom. The van der Waals surface area contributed by atoms with Crippen molar-refractivity contribution in [2.75, 3.05) is 40.4 Å². The normalized spacial score (nSPS) is 17.2. The van der Waals surface area contributed by atoms with Gasteiger partial charge in [-0.25, -0.2) is 0 Å². The monoisotopic (exact) mass is 382 g/mol. The Balaban J connectivity index is 1.72. The molecular formula is C22H26N2O4. The number of amides is 1. The summed E-state index contributed by atoms with van der Waals surface area (Å²) in [5.74, 6) is 0.772. The molecule has 0 aromatic heterocycles. The number of ether oxygens (including phenoxy) is 2. The van der Waals surface area contributed by atoms with Gasteiger partial charge in [-0.3, -0.25) is 9.59 Å². The summed E-state index contributed by atoms with van der Waals surface area (Å²) >= 11 is 0. The quantitative estimate of drug-likeness (QED) is 0.719. The second-order valence-electron chi connectivity index (χ2n) is 6.99. The molecule has 2 aromatic rings. The van der Waals surface area contributed by atoms with Crippen LogP contribution in [0.2, 0.25) is 0 Å². The summed E-state index contributed by atoms with van der Waals surface area (Å²) in [6.07, 6.45) is 0. The highest BCUT2D eigenvalue weighted by Gasteiger charge is 2.30. The Kier molecular flexibility index (Phi) is 6.31. The molecule has 0 N–H and O–H groups in total. The van der Waals surface area contributed by atoms with Crippen LogP contribution in [0.15, 0.2) is 48.5 Å². The van der Waals surface area contributed by atoms with Crippen LogP contribution in [-0.4, -0.2) is 61.9 Å². The van der Waals surface area contributed by atoms with E-state index in [0.29, 0.717) is 23.6 Å². The van der Waals surface area contributed by atoms with E-state index in [4.69, 9.17) is 9.47 Å². The summed E-state index contributed by atoms with van der Waals surface area (Å²) < 4.78 is 11.1. The first-order chi connectivity index (χ1) is 13.5. The smallest absolute Gasteiger partial charge is 0.261 e. The van der Waals surface area contributed by atoms with Gasteiger partial charge in [-0.15, -0.1) is 0 Å². The van der Waals surface area contributed by atoms with E-state index < -0.39 is 0 Å². The largest absolute Gasteiger partial charge is 0.493 e. The maximum absolute atomic E-state index is 12.9. The molecule has 0 spiro atoms. The van der Waals surface area contributed by atoms with E-state index in [9.17, 15) is 9.59 Å². The molecule has 2 aromatic carbocycles. The maximum Gasteiger partial charge on any atom is 0.261 e. The van der Waals surface area contributed by atoms with Crippen molar-refractivity contribution >= 4 is 11.7 Å². The van der Waals surface area contributed by atoms with E-state index in [1.807, 2.05) is 23.1 Å². The molecule has 0 radical (unpaired) electrons. The molecule has 3 rings (SSSR count). The van der Waals surface area contributed by atoms with Crippen LogP contribution in [0.1, 0.15) is 28.9 Å². The Labute approximate surface area is 165 Å². The van der Waals surface area contributed by atoms with Crippen LogP contribution in [0, 0.1) is 0 Å². The fraction of sp³-hybridized carbons (Fsp3) is 0.364. The lowest BCUT2D eigenvalue weighted by atomic mass is 10.0. The van der Waals surface area contributed by atoms with Crippen LogP contribution in [-0.2, 0) is 4.79 Å². The van der Waals surface area contributed by atoms with Gasteiger partial charge >= 0.3 is 0 Å². The van der Waals surface area contributed by atoms with Gasteiger partial charge in [0.2, 0.25) is 0 Å². The summed E-state index contributed by atoms with van der Waals surface area (Å²) in [7, 11) is 3.58. The molecule has 148 valence electrons. The van der Waals surface area contributed by atoms with Gasteiger partial charge < -0.3 is 19.3 Å². The fourth-order valence-corrected chi connectivity index (χ4v) is 3.41. The van der Waals surface area contributed by atoms with Crippen molar-refractivity contribution in [2.45, 2.75) is 13.0 Å². The van der Waals surface area contributed by atoms with Crippen LogP contribution in [0.25, 0.3) is 0 Å². The van der Waals surface area contributed by atoms with Crippen LogP contribution in [0.4, 0.5) is 0 Å². The number of nitrogens with zero attached hydrogens (tertiary/aromatic N) is 2. The summed E-state index contributed by atoms with van der Waals surface area (Å²) in [4.78, 5) is 28.6. The molecule has 1 heterocycles. The fourth-order valence-electron chi connectivity index (χ4n) is 3.41. The highest BCUT2D eigenvalue weighted by Crippen LogP contribution is 2.29. The second kappa shape index (κ2) is 8.89. The highest BCUT2D eigenvalue weighted by atomic mass is 16.5. The molecule has 1 aliphatic heterocycles. The molecule has 1 saturated heterocycles. The number of likely N-dealkylation sites (N-methyl/N-ethyl adjacent to an activating group) is 1. The van der Waals surface area contributed by atoms with Gasteiger partial charge in [0.15, 0.2) is 23.9 Å². The molecule has 0 bridgehead atoms. The van der Waals surface area contributed by atoms with Crippen LogP contribution in [0.3, 0.4) is 0 Å². The molecule has 1 atom stereocenters. The zero-order valence-electron chi connectivity index (χ0n) is 16.6. The lowest BCUT2D eigenvalue weighted by molar-refractivity contribution is -0.138. The predicted octanol–water partition coefficient (Wildman–Crippen LogP) is 2.79. The first kappa shape index (κ1) is 19.9. The minimum atomic E-state index is -0.0805. The van der Waals surface area contributed by atoms with Crippen molar-refractivity contribution in [3.63, 3.8) is 0 Å². The minimum absolute atomic E-state index is 0.00182. The number of Topliss-reactive ketones (excluding diaryl/α,β-unsaturated/α-hetero) is 1. The molecule has 1 unspecified atom stereocenters. The Morgan fingerprint density at radius 2 is 1.82 bits per heavy atom. The number of hydrogen-bond acceptors (Lipinski definition) is 5. The van der Waals surface area contributed by atoms with E-state index in [-0.39, 0.29) is 24.3 Å². The van der Waals surface area contributed by atoms with Crippen molar-refractivity contribution in [3.05, 3.63) is 59.7 Å². The van der Waals surface area contributed by atoms with Crippen LogP contribution >= 0.6 is 0 Å². The van der Waals surface area contributed by atoms with Gasteiger partial charge in [0.25, 0.3) is 5.91 Å². The number of ketones is 1. The summed E-state index contributed by atoms with van der Waals surface area (Å²) in [5.41, 5.74) is 1.66. The van der Waals surface area contributed by atoms with E-state index >= 15 is 0 Å². The molecule has 6 nitrogen and oxygen atoms in total. The zero-order chi connectivity index (χ0) is 20.1. The first-order valence-corrected chi connectivity index (χ1v) is 9.34. The average molecular weight is 382 g/mol. The highest BCUT2D eigenvalue weighted by molar-refractivity contribution is 5.94. The van der Waals surface area contributed by atoms with E-state index in [1.165, 1.54) is 14.0 Å². The van der Waals surface area contributed by atoms with Gasteiger partial charge in [0.1, 0.15) is 0 Å². The Morgan fingerprint density at radius 1 is 1.07 bits per heavy atom. The van der Waals surface area contributed by atoms with Crippen molar-refractivity contribution in [1.82, 2.24) is 9.80 Å². The topological polar surface area (TPSA) is 59.1 Å². The predicted molar refractivity (Wildman–Crippen MR) is 107 cm³/mol. The van der Waals surface area contributed by atoms with Crippen LogP contribution < -0.4 is 9.47 Å². The standard InChI is InChI=1S/C22H26N2O4/c1-16(25)18-9-10-20(21(13-18)27-3)28-15-22(26)24-12-11-23(2)14-19(24)17-7-5-4-6-8-17/h4-10,13,19H,11-12,14-15H2,1-3H3. The molecule has 1 fully saturated rings. The van der Waals surface area contributed by atoms with Gasteiger partial charge in [-0.05, 0) is 37.7 Å². The maximum atomic E-state index is 12.9. The summed E-state index contributed by atoms with van der Waals surface area (Å²) in [5, 5.41) is 0. The molecule has 1 aliphatic rings. The number of hydrogen-bond donors (Lipinski definition) is 0. The second-order valence-corrected chi connectivity index (χ2v) is 6.99. The summed E-state index contributed by atoms with van der Waals surface area (Å²) in [6.45, 7) is 3.68. The van der Waals surface area contributed by atoms with Crippen molar-refractivity contribution in [1.29, 1.82) is 0 Å². The molecular weight excluding hydrogens is 356 g/mol. The number of carbonyl (C=O) groups is 2. The van der Waals surface area contributed by atoms with Gasteiger partial charge in [0.05, 0.1) is 13.2 Å². The first-order valence-electron chi connectivity index (χ1n) is 9.34. The van der Waals surface area contributed by atoms with Crippen LogP contribution in [0.5, 0.6) is 11.5 Å². The van der Waals surface area contributed by atoms with Gasteiger partial charge in [-0.2, -0.15) is 0 Å². The SMILES string of the molecule is COc1cc(C(C)=O)ccc1OCC(=O)N1CCN(C)CC1c1ccccc1. The molecule has 0 aliphatic carbocycles. The van der Waals surface area contributed by atoms with Gasteiger partial charge in [-0.1, -0.05) is 30.3 Å². The third-order valence-electron chi connectivity index (χ3n) is 5.01. The zero-order valence-corrected chi connectivity index (χ0v) is 16.6. The average Bonchev–Trinajstić information content (AvgIpc) is 2.72. The molecule has 28 heavy (non-hydrogen) atoms. The number of benzene rings is 2. The third kappa shape index (κ3) is 4.51. The minimum Gasteiger partial charge on any atom is -0.493 e. The Hall–Kier alpha value is -2.86. The van der Waals surface area contributed by atoms with Gasteiger partial charge in [0, 0.05) is 25.2 Å². The third-order valence-corrected chi connectivity index (χ3v) is 5.01. The molecule has 0 saturated carbocycles. The lowest BCUT2D eigenvalue weighted by Crippen LogP contribution is -2.50. The van der Waals surface area contributed by atoms with E-state index in [2.05, 4.69) is 24.1 Å². The van der Waals surface area contributed by atoms with Crippen molar-refractivity contribution < 1.29 is 19.1 Å². The Bertz CT molecular complexity index is 838. The number of carbonyl (C=O) groups excluding carboxylic acids is 2. The van der Waals surface area contributed by atoms with Crippen molar-refractivity contribution in [3.8, 4) is 11.5 Å². The van der Waals surface area contributed by atoms with E-state index in [1.54, 1.807) is 18.2 Å². The lowest BCUT2D eigenvalue weighted by Gasteiger charge is -2.40. The number of methoxy groups -OCH3 is 1. The number of piperazine rings is 1. The molecule has 6 heteroatoms. The van der Waals surface area contributed by atoms with Crippen molar-refractivity contribution in [2.24, 2.45) is 0 Å². The number of rotatable bonds is 6. The van der Waals surface area contributed by atoms with E-state index in [0.717, 1.165) is 18.7 Å². The molecule has 1 amide bonds.